The molecule has 1 amide bonds. The molecule has 2 aromatic heterocycles. The van der Waals surface area contributed by atoms with E-state index >= 15 is 0 Å². The lowest BCUT2D eigenvalue weighted by Gasteiger charge is -2.34. The van der Waals surface area contributed by atoms with Crippen molar-refractivity contribution in [3.05, 3.63) is 95.3 Å². The number of benzene rings is 2. The highest BCUT2D eigenvalue weighted by Gasteiger charge is 2.47. The first-order chi connectivity index (χ1) is 16.8. The number of fused-ring (bicyclic) bond motifs is 1. The summed E-state index contributed by atoms with van der Waals surface area (Å²) in [6, 6.07) is 16.0. The Labute approximate surface area is 199 Å². The van der Waals surface area contributed by atoms with E-state index in [1.54, 1.807) is 47.3 Å². The third kappa shape index (κ3) is 4.64. The van der Waals surface area contributed by atoms with Crippen LogP contribution in [-0.2, 0) is 6.54 Å². The smallest absolute Gasteiger partial charge is 0.363 e. The van der Waals surface area contributed by atoms with E-state index in [-0.39, 0.29) is 17.8 Å². The summed E-state index contributed by atoms with van der Waals surface area (Å²) in [7, 11) is 0. The van der Waals surface area contributed by atoms with Crippen molar-refractivity contribution in [3.8, 4) is 0 Å². The number of nitrogens with zero attached hydrogens (tertiary/aromatic N) is 4. The number of carbonyl (C=O) groups is 1. The first-order valence-electron chi connectivity index (χ1n) is 11.1. The molecule has 180 valence electrons. The largest absolute Gasteiger partial charge is 0.410 e. The fourth-order valence-electron chi connectivity index (χ4n) is 4.29. The SMILES string of the molecule is Cc1ccccc1Cn1ccc(NC(=O)c2cnn3c2N[C@H](c2ccccc2)C[C@H]3C(F)(F)F)n1. The molecule has 0 radical (unpaired) electrons. The van der Waals surface area contributed by atoms with Crippen LogP contribution in [0.25, 0.3) is 0 Å². The van der Waals surface area contributed by atoms with Gasteiger partial charge in [-0.05, 0) is 23.6 Å². The first kappa shape index (κ1) is 22.7. The monoisotopic (exact) mass is 480 g/mol. The molecule has 0 unspecified atom stereocenters. The fourth-order valence-corrected chi connectivity index (χ4v) is 4.29. The molecule has 35 heavy (non-hydrogen) atoms. The number of hydrogen-bond acceptors (Lipinski definition) is 4. The van der Waals surface area contributed by atoms with Gasteiger partial charge in [-0.1, -0.05) is 54.6 Å². The average molecular weight is 480 g/mol. The molecule has 0 aliphatic carbocycles. The minimum absolute atomic E-state index is 0.0216. The van der Waals surface area contributed by atoms with E-state index in [9.17, 15) is 18.0 Å². The van der Waals surface area contributed by atoms with Crippen molar-refractivity contribution in [2.75, 3.05) is 10.6 Å². The van der Waals surface area contributed by atoms with Gasteiger partial charge >= 0.3 is 6.18 Å². The number of aromatic nitrogens is 4. The summed E-state index contributed by atoms with van der Waals surface area (Å²) in [6.45, 7) is 2.54. The number of aryl methyl sites for hydroxylation is 1. The van der Waals surface area contributed by atoms with Crippen molar-refractivity contribution in [3.63, 3.8) is 0 Å². The molecule has 0 fully saturated rings. The number of halogens is 3. The molecule has 2 aromatic carbocycles. The normalized spacial score (nSPS) is 17.5. The molecule has 7 nitrogen and oxygen atoms in total. The van der Waals surface area contributed by atoms with Gasteiger partial charge in [0.15, 0.2) is 11.9 Å². The van der Waals surface area contributed by atoms with Crippen molar-refractivity contribution in [1.82, 2.24) is 19.6 Å². The number of anilines is 2. The molecular weight excluding hydrogens is 457 g/mol. The van der Waals surface area contributed by atoms with Gasteiger partial charge in [-0.3, -0.25) is 9.48 Å². The summed E-state index contributed by atoms with van der Waals surface area (Å²) in [4.78, 5) is 13.0. The van der Waals surface area contributed by atoms with Crippen LogP contribution in [0.3, 0.4) is 0 Å². The van der Waals surface area contributed by atoms with Gasteiger partial charge in [0.2, 0.25) is 0 Å². The molecule has 2 N–H and O–H groups in total. The van der Waals surface area contributed by atoms with Crippen molar-refractivity contribution in [2.24, 2.45) is 0 Å². The van der Waals surface area contributed by atoms with Gasteiger partial charge < -0.3 is 10.6 Å². The molecule has 1 aliphatic heterocycles. The quantitative estimate of drug-likeness (QED) is 0.404. The number of alkyl halides is 3. The standard InChI is InChI=1S/C25H23F3N6O/c1-16-7-5-6-10-18(16)15-33-12-11-22(32-33)31-24(35)19-14-29-34-21(25(26,27)28)13-20(30-23(19)34)17-8-3-2-4-9-17/h2-12,14,20-21,30H,13,15H2,1H3,(H,31,32,35)/t20-,21-/m0/s1. The molecule has 0 spiro atoms. The van der Waals surface area contributed by atoms with E-state index in [1.165, 1.54) is 0 Å². The zero-order valence-corrected chi connectivity index (χ0v) is 18.8. The molecule has 0 saturated heterocycles. The van der Waals surface area contributed by atoms with Crippen LogP contribution in [0, 0.1) is 6.92 Å². The Morgan fingerprint density at radius 1 is 1.11 bits per heavy atom. The summed E-state index contributed by atoms with van der Waals surface area (Å²) in [6.07, 6.45) is -1.85. The first-order valence-corrected chi connectivity index (χ1v) is 11.1. The van der Waals surface area contributed by atoms with Gasteiger partial charge in [0.1, 0.15) is 11.4 Å². The minimum atomic E-state index is -4.52. The lowest BCUT2D eigenvalue weighted by Crippen LogP contribution is -2.36. The summed E-state index contributed by atoms with van der Waals surface area (Å²) in [5, 5.41) is 14.1. The number of hydrogen-bond donors (Lipinski definition) is 2. The van der Waals surface area contributed by atoms with Crippen molar-refractivity contribution in [1.29, 1.82) is 0 Å². The highest BCUT2D eigenvalue weighted by Crippen LogP contribution is 2.44. The molecule has 5 rings (SSSR count). The molecular formula is C25H23F3N6O. The van der Waals surface area contributed by atoms with Crippen LogP contribution >= 0.6 is 0 Å². The Balaban J connectivity index is 1.38. The van der Waals surface area contributed by atoms with E-state index in [0.717, 1.165) is 22.0 Å². The molecule has 0 saturated carbocycles. The molecule has 10 heteroatoms. The molecule has 2 atom stereocenters. The predicted octanol–water partition coefficient (Wildman–Crippen LogP) is 5.35. The second kappa shape index (κ2) is 8.94. The lowest BCUT2D eigenvalue weighted by molar-refractivity contribution is -0.173. The Bertz CT molecular complexity index is 1340. The molecule has 1 aliphatic rings. The summed E-state index contributed by atoms with van der Waals surface area (Å²) in [5.41, 5.74) is 2.94. The topological polar surface area (TPSA) is 76.8 Å². The Kier molecular flexibility index (Phi) is 5.80. The van der Waals surface area contributed by atoms with Crippen LogP contribution in [0.5, 0.6) is 0 Å². The van der Waals surface area contributed by atoms with E-state index in [0.29, 0.717) is 17.9 Å². The van der Waals surface area contributed by atoms with Crippen LogP contribution in [-0.4, -0.2) is 31.6 Å². The maximum atomic E-state index is 13.9. The van der Waals surface area contributed by atoms with E-state index < -0.39 is 24.2 Å². The van der Waals surface area contributed by atoms with Crippen LogP contribution in [0.1, 0.15) is 45.6 Å². The third-order valence-corrected chi connectivity index (χ3v) is 6.16. The fraction of sp³-hybridized carbons (Fsp3) is 0.240. The number of amides is 1. The maximum absolute atomic E-state index is 13.9. The summed E-state index contributed by atoms with van der Waals surface area (Å²) in [5.74, 6) is -0.259. The van der Waals surface area contributed by atoms with Crippen molar-refractivity contribution >= 4 is 17.5 Å². The molecule has 4 aromatic rings. The van der Waals surface area contributed by atoms with Crippen LogP contribution in [0.2, 0.25) is 0 Å². The second-order valence-corrected chi connectivity index (χ2v) is 8.53. The number of carbonyl (C=O) groups excluding carboxylic acids is 1. The third-order valence-electron chi connectivity index (χ3n) is 6.16. The minimum Gasteiger partial charge on any atom is -0.363 e. The second-order valence-electron chi connectivity index (χ2n) is 8.53. The van der Waals surface area contributed by atoms with Gasteiger partial charge in [0.05, 0.1) is 18.8 Å². The maximum Gasteiger partial charge on any atom is 0.410 e. The lowest BCUT2D eigenvalue weighted by atomic mass is 9.96. The van der Waals surface area contributed by atoms with Crippen molar-refractivity contribution < 1.29 is 18.0 Å². The van der Waals surface area contributed by atoms with E-state index in [4.69, 9.17) is 0 Å². The van der Waals surface area contributed by atoms with Gasteiger partial charge in [0, 0.05) is 18.7 Å². The number of nitrogens with one attached hydrogen (secondary N) is 2. The highest BCUT2D eigenvalue weighted by molar-refractivity contribution is 6.07. The van der Waals surface area contributed by atoms with E-state index in [1.807, 2.05) is 31.2 Å². The Morgan fingerprint density at radius 3 is 2.60 bits per heavy atom. The van der Waals surface area contributed by atoms with Crippen LogP contribution in [0.15, 0.2) is 73.1 Å². The van der Waals surface area contributed by atoms with Crippen molar-refractivity contribution in [2.45, 2.75) is 38.1 Å². The van der Waals surface area contributed by atoms with Gasteiger partial charge in [-0.2, -0.15) is 23.4 Å². The van der Waals surface area contributed by atoms with E-state index in [2.05, 4.69) is 20.8 Å². The van der Waals surface area contributed by atoms with Gasteiger partial charge in [-0.25, -0.2) is 4.68 Å². The van der Waals surface area contributed by atoms with Crippen LogP contribution in [0.4, 0.5) is 24.8 Å². The van der Waals surface area contributed by atoms with Crippen LogP contribution < -0.4 is 10.6 Å². The summed E-state index contributed by atoms with van der Waals surface area (Å²) >= 11 is 0. The predicted molar refractivity (Wildman–Crippen MR) is 125 cm³/mol. The highest BCUT2D eigenvalue weighted by atomic mass is 19.4. The van der Waals surface area contributed by atoms with Gasteiger partial charge in [0.25, 0.3) is 5.91 Å². The zero-order chi connectivity index (χ0) is 24.6. The zero-order valence-electron chi connectivity index (χ0n) is 18.8. The molecule has 3 heterocycles. The van der Waals surface area contributed by atoms with Gasteiger partial charge in [-0.15, -0.1) is 0 Å². The summed E-state index contributed by atoms with van der Waals surface area (Å²) < 4.78 is 44.2. The average Bonchev–Trinajstić information content (AvgIpc) is 3.46. The Hall–Kier alpha value is -4.08. The number of rotatable bonds is 5. The Morgan fingerprint density at radius 2 is 1.86 bits per heavy atom. The molecule has 0 bridgehead atoms.